The molecule has 3 N–H and O–H groups in total. The number of carbonyl (C=O) groups excluding carboxylic acids is 2. The van der Waals surface area contributed by atoms with Crippen molar-refractivity contribution in [2.75, 3.05) is 13.1 Å². The Morgan fingerprint density at radius 1 is 1.05 bits per heavy atom. The fourth-order valence-electron chi connectivity index (χ4n) is 1.77. The summed E-state index contributed by atoms with van der Waals surface area (Å²) >= 11 is 0. The highest BCUT2D eigenvalue weighted by Crippen LogP contribution is 2.02. The molecule has 1 atom stereocenters. The largest absolute Gasteiger partial charge is 0.353 e. The molecule has 1 rings (SSSR count). The van der Waals surface area contributed by atoms with Crippen molar-refractivity contribution in [1.82, 2.24) is 16.0 Å². The molecule has 0 heterocycles. The second kappa shape index (κ2) is 8.42. The number of carbonyl (C=O) groups is 2. The first-order valence-electron chi connectivity index (χ1n) is 7.28. The number of hydrogen-bond acceptors (Lipinski definition) is 3. The van der Waals surface area contributed by atoms with Gasteiger partial charge in [0.15, 0.2) is 0 Å². The Kier molecular flexibility index (Phi) is 6.88. The maximum absolute atomic E-state index is 11.9. The monoisotopic (exact) mass is 291 g/mol. The highest BCUT2D eigenvalue weighted by atomic mass is 16.2. The number of amides is 2. The van der Waals surface area contributed by atoms with E-state index >= 15 is 0 Å². The van der Waals surface area contributed by atoms with Gasteiger partial charge in [0.05, 0.1) is 6.04 Å². The van der Waals surface area contributed by atoms with Crippen LogP contribution in [0.25, 0.3) is 0 Å². The van der Waals surface area contributed by atoms with Gasteiger partial charge in [-0.05, 0) is 39.8 Å². The molecular formula is C16H25N3O2. The standard InChI is InChI=1S/C16H25N3O2/c1-11(2)19-15(20)13(4)17-9-10-18-16(21)14-7-5-12(3)6-8-14/h5-8,11,13,17H,9-10H2,1-4H3,(H,18,21)(H,19,20). The van der Waals surface area contributed by atoms with Crippen molar-refractivity contribution in [2.45, 2.75) is 39.8 Å². The quantitative estimate of drug-likeness (QED) is 0.662. The van der Waals surface area contributed by atoms with Gasteiger partial charge in [0.2, 0.25) is 5.91 Å². The molecule has 1 aromatic carbocycles. The molecular weight excluding hydrogens is 266 g/mol. The first-order valence-corrected chi connectivity index (χ1v) is 7.28. The Balaban J connectivity index is 2.26. The SMILES string of the molecule is Cc1ccc(C(=O)NCCNC(C)C(=O)NC(C)C)cc1. The Bertz CT molecular complexity index is 469. The maximum atomic E-state index is 11.9. The Labute approximate surface area is 126 Å². The van der Waals surface area contributed by atoms with Crippen molar-refractivity contribution in [2.24, 2.45) is 0 Å². The average molecular weight is 291 g/mol. The Morgan fingerprint density at radius 3 is 2.24 bits per heavy atom. The van der Waals surface area contributed by atoms with Crippen LogP contribution in [-0.2, 0) is 4.79 Å². The first kappa shape index (κ1) is 17.2. The molecule has 0 aliphatic heterocycles. The Hall–Kier alpha value is -1.88. The second-order valence-electron chi connectivity index (χ2n) is 5.46. The molecule has 0 aliphatic rings. The van der Waals surface area contributed by atoms with Crippen LogP contribution in [0.1, 0.15) is 36.7 Å². The highest BCUT2D eigenvalue weighted by Gasteiger charge is 2.12. The van der Waals surface area contributed by atoms with Crippen LogP contribution in [0, 0.1) is 6.92 Å². The first-order chi connectivity index (χ1) is 9.90. The van der Waals surface area contributed by atoms with E-state index in [4.69, 9.17) is 0 Å². The lowest BCUT2D eigenvalue weighted by atomic mass is 10.1. The fourth-order valence-corrected chi connectivity index (χ4v) is 1.77. The van der Waals surface area contributed by atoms with Gasteiger partial charge < -0.3 is 16.0 Å². The van der Waals surface area contributed by atoms with Crippen molar-refractivity contribution in [3.63, 3.8) is 0 Å². The van der Waals surface area contributed by atoms with Gasteiger partial charge in [0, 0.05) is 24.7 Å². The van der Waals surface area contributed by atoms with Crippen LogP contribution >= 0.6 is 0 Å². The maximum Gasteiger partial charge on any atom is 0.251 e. The van der Waals surface area contributed by atoms with E-state index in [0.717, 1.165) is 5.56 Å². The van der Waals surface area contributed by atoms with Gasteiger partial charge in [-0.1, -0.05) is 17.7 Å². The summed E-state index contributed by atoms with van der Waals surface area (Å²) < 4.78 is 0. The van der Waals surface area contributed by atoms with Gasteiger partial charge in [0.1, 0.15) is 0 Å². The van der Waals surface area contributed by atoms with Gasteiger partial charge in [0.25, 0.3) is 5.91 Å². The molecule has 5 heteroatoms. The summed E-state index contributed by atoms with van der Waals surface area (Å²) in [5.41, 5.74) is 1.77. The molecule has 0 bridgehead atoms. The van der Waals surface area contributed by atoms with E-state index in [-0.39, 0.29) is 23.9 Å². The molecule has 2 amide bonds. The third kappa shape index (κ3) is 6.40. The van der Waals surface area contributed by atoms with E-state index < -0.39 is 0 Å². The molecule has 5 nitrogen and oxygen atoms in total. The van der Waals surface area contributed by atoms with E-state index in [1.54, 1.807) is 19.1 Å². The van der Waals surface area contributed by atoms with Crippen molar-refractivity contribution < 1.29 is 9.59 Å². The summed E-state index contributed by atoms with van der Waals surface area (Å²) in [7, 11) is 0. The summed E-state index contributed by atoms with van der Waals surface area (Å²) in [5, 5.41) is 8.73. The van der Waals surface area contributed by atoms with Crippen LogP contribution < -0.4 is 16.0 Å². The molecule has 0 saturated carbocycles. The van der Waals surface area contributed by atoms with Crippen molar-refractivity contribution in [3.05, 3.63) is 35.4 Å². The van der Waals surface area contributed by atoms with Crippen LogP contribution in [0.4, 0.5) is 0 Å². The lowest BCUT2D eigenvalue weighted by Crippen LogP contribution is -2.46. The minimum Gasteiger partial charge on any atom is -0.353 e. The summed E-state index contributed by atoms with van der Waals surface area (Å²) in [4.78, 5) is 23.5. The van der Waals surface area contributed by atoms with Crippen LogP contribution in [0.15, 0.2) is 24.3 Å². The molecule has 0 aromatic heterocycles. The predicted molar refractivity (Wildman–Crippen MR) is 84.3 cm³/mol. The summed E-state index contributed by atoms with van der Waals surface area (Å²) in [6.07, 6.45) is 0. The molecule has 1 aromatic rings. The number of benzene rings is 1. The number of aryl methyl sites for hydroxylation is 1. The van der Waals surface area contributed by atoms with Crippen molar-refractivity contribution in [1.29, 1.82) is 0 Å². The zero-order chi connectivity index (χ0) is 15.8. The summed E-state index contributed by atoms with van der Waals surface area (Å²) in [5.74, 6) is -0.133. The molecule has 0 saturated heterocycles. The van der Waals surface area contributed by atoms with E-state index in [9.17, 15) is 9.59 Å². The summed E-state index contributed by atoms with van der Waals surface area (Å²) in [6.45, 7) is 8.66. The number of hydrogen-bond donors (Lipinski definition) is 3. The molecule has 1 unspecified atom stereocenters. The lowest BCUT2D eigenvalue weighted by Gasteiger charge is -2.16. The topological polar surface area (TPSA) is 70.2 Å². The van der Waals surface area contributed by atoms with Crippen LogP contribution in [0.3, 0.4) is 0 Å². The van der Waals surface area contributed by atoms with Crippen molar-refractivity contribution >= 4 is 11.8 Å². The third-order valence-corrected chi connectivity index (χ3v) is 3.00. The van der Waals surface area contributed by atoms with Gasteiger partial charge in [-0.2, -0.15) is 0 Å². The number of nitrogens with one attached hydrogen (secondary N) is 3. The number of rotatable bonds is 7. The molecule has 0 fully saturated rings. The zero-order valence-corrected chi connectivity index (χ0v) is 13.2. The molecule has 21 heavy (non-hydrogen) atoms. The van der Waals surface area contributed by atoms with Crippen LogP contribution in [0.2, 0.25) is 0 Å². The molecule has 0 aliphatic carbocycles. The van der Waals surface area contributed by atoms with Gasteiger partial charge in [-0.15, -0.1) is 0 Å². The minimum absolute atomic E-state index is 0.0325. The Morgan fingerprint density at radius 2 is 1.67 bits per heavy atom. The van der Waals surface area contributed by atoms with E-state index in [1.165, 1.54) is 0 Å². The van der Waals surface area contributed by atoms with Gasteiger partial charge in [-0.3, -0.25) is 9.59 Å². The van der Waals surface area contributed by atoms with E-state index in [2.05, 4.69) is 16.0 Å². The second-order valence-corrected chi connectivity index (χ2v) is 5.46. The van der Waals surface area contributed by atoms with Gasteiger partial charge >= 0.3 is 0 Å². The highest BCUT2D eigenvalue weighted by molar-refractivity contribution is 5.94. The smallest absolute Gasteiger partial charge is 0.251 e. The van der Waals surface area contributed by atoms with Crippen LogP contribution in [0.5, 0.6) is 0 Å². The lowest BCUT2D eigenvalue weighted by molar-refractivity contribution is -0.123. The summed E-state index contributed by atoms with van der Waals surface area (Å²) in [6, 6.07) is 7.27. The average Bonchev–Trinajstić information content (AvgIpc) is 2.43. The predicted octanol–water partition coefficient (Wildman–Crippen LogP) is 1.23. The van der Waals surface area contributed by atoms with Crippen LogP contribution in [-0.4, -0.2) is 37.0 Å². The molecule has 0 radical (unpaired) electrons. The fraction of sp³-hybridized carbons (Fsp3) is 0.500. The third-order valence-electron chi connectivity index (χ3n) is 3.00. The van der Waals surface area contributed by atoms with E-state index in [1.807, 2.05) is 32.9 Å². The van der Waals surface area contributed by atoms with Crippen molar-refractivity contribution in [3.8, 4) is 0 Å². The molecule has 0 spiro atoms. The van der Waals surface area contributed by atoms with E-state index in [0.29, 0.717) is 18.7 Å². The minimum atomic E-state index is -0.274. The zero-order valence-electron chi connectivity index (χ0n) is 13.2. The van der Waals surface area contributed by atoms with Gasteiger partial charge in [-0.25, -0.2) is 0 Å². The normalized spacial score (nSPS) is 12.0. The molecule has 116 valence electrons.